The summed E-state index contributed by atoms with van der Waals surface area (Å²) >= 11 is 0. The van der Waals surface area contributed by atoms with Crippen LogP contribution < -0.4 is 0 Å². The van der Waals surface area contributed by atoms with Gasteiger partial charge in [0.1, 0.15) is 0 Å². The summed E-state index contributed by atoms with van der Waals surface area (Å²) in [7, 11) is 0. The first kappa shape index (κ1) is 108. The Morgan fingerprint density at radius 3 is 1.00 bits per heavy atom. The van der Waals surface area contributed by atoms with Gasteiger partial charge in [0.2, 0.25) is 0 Å². The minimum Gasteiger partial charge on any atom is -0.396 e. The molecular weight excluding hydrogens is 533 g/mol. The molecule has 0 rings (SSSR count). The van der Waals surface area contributed by atoms with Crippen LogP contribution in [0.15, 0.2) is 0 Å². The number of hydrogen-bond donors (Lipinski definition) is 1. The van der Waals surface area contributed by atoms with Crippen LogP contribution in [0.25, 0.3) is 0 Å². The molecule has 1 N–H and O–H groups in total. The Balaban J connectivity index is -0.0000000153. The molecule has 0 amide bonds. The van der Waals surface area contributed by atoms with Crippen molar-refractivity contribution >= 4 is 0 Å². The first-order valence-electron chi connectivity index (χ1n) is 9.53. The standard InChI is InChI=1S/C16H33O2.C4H10O.13CH4.Y/c1-14(2)12-17-10-6-8-16(5)9-7-11-18-13-15(3)4;1-2-3-4-5;;;;;;;;;;;;;;/h14-16H,5-13H2,1-4H3;5H,2-4H2,1H3;13*1H4;/q-1;;;;;;;;;;;;;;;. The third-order valence-corrected chi connectivity index (χ3v) is 3.22. The molecule has 0 aromatic rings. The number of aliphatic hydroxyl groups is 1. The summed E-state index contributed by atoms with van der Waals surface area (Å²) in [6, 6.07) is 0. The van der Waals surface area contributed by atoms with E-state index >= 15 is 0 Å². The molecule has 0 saturated carbocycles. The zero-order valence-corrected chi connectivity index (χ0v) is 19.9. The molecule has 0 saturated heterocycles. The molecule has 0 fully saturated rings. The molecule has 3 nitrogen and oxygen atoms in total. The molecule has 0 aliphatic carbocycles. The molecule has 0 aliphatic rings. The summed E-state index contributed by atoms with van der Waals surface area (Å²) in [6.45, 7) is 18.8. The van der Waals surface area contributed by atoms with Crippen molar-refractivity contribution in [3.05, 3.63) is 6.92 Å². The second-order valence-electron chi connectivity index (χ2n) is 7.17. The quantitative estimate of drug-likeness (QED) is 0.154. The molecule has 0 atom stereocenters. The number of ether oxygens (including phenoxy) is 2. The van der Waals surface area contributed by atoms with Gasteiger partial charge in [-0.05, 0) is 31.1 Å². The summed E-state index contributed by atoms with van der Waals surface area (Å²) in [4.78, 5) is 0. The van der Waals surface area contributed by atoms with Gasteiger partial charge in [0, 0.05) is 65.7 Å². The van der Waals surface area contributed by atoms with Crippen LogP contribution in [0, 0.1) is 24.7 Å². The molecule has 4 heteroatoms. The van der Waals surface area contributed by atoms with Crippen LogP contribution in [0.1, 0.15) is 170 Å². The predicted molar refractivity (Wildman–Crippen MR) is 188 cm³/mol. The summed E-state index contributed by atoms with van der Waals surface area (Å²) in [5, 5.41) is 8.07. The van der Waals surface area contributed by atoms with Crippen molar-refractivity contribution in [2.24, 2.45) is 17.8 Å². The van der Waals surface area contributed by atoms with E-state index in [-0.39, 0.29) is 129 Å². The number of hydrogen-bond acceptors (Lipinski definition) is 3. The van der Waals surface area contributed by atoms with E-state index in [0.29, 0.717) is 24.4 Å². The van der Waals surface area contributed by atoms with Gasteiger partial charge in [0.15, 0.2) is 0 Å². The molecule has 0 spiro atoms. The van der Waals surface area contributed by atoms with Gasteiger partial charge >= 0.3 is 0 Å². The van der Waals surface area contributed by atoms with Crippen molar-refractivity contribution in [2.75, 3.05) is 33.0 Å². The Labute approximate surface area is 273 Å². The molecular formula is C33H95O3Y-. The van der Waals surface area contributed by atoms with E-state index in [1.165, 1.54) is 12.8 Å². The topological polar surface area (TPSA) is 38.7 Å². The molecule has 0 unspecified atom stereocenters. The number of rotatable bonds is 14. The van der Waals surface area contributed by atoms with E-state index in [4.69, 9.17) is 14.6 Å². The van der Waals surface area contributed by atoms with Crippen molar-refractivity contribution in [3.8, 4) is 0 Å². The van der Waals surface area contributed by atoms with Crippen LogP contribution in [0.5, 0.6) is 0 Å². The minimum atomic E-state index is 0. The average molecular weight is 629 g/mol. The van der Waals surface area contributed by atoms with E-state index in [0.717, 1.165) is 52.1 Å². The van der Waals surface area contributed by atoms with Crippen molar-refractivity contribution in [1.82, 2.24) is 0 Å². The third kappa shape index (κ3) is 126. The van der Waals surface area contributed by atoms with E-state index in [2.05, 4.69) is 41.5 Å². The van der Waals surface area contributed by atoms with Gasteiger partial charge < -0.3 is 21.5 Å². The fourth-order valence-corrected chi connectivity index (χ4v) is 1.89. The smallest absolute Gasteiger partial charge is 0.0488 e. The fourth-order valence-electron chi connectivity index (χ4n) is 1.89. The second-order valence-corrected chi connectivity index (χ2v) is 7.17. The predicted octanol–water partition coefficient (Wildman–Crippen LogP) is 13.4. The summed E-state index contributed by atoms with van der Waals surface area (Å²) in [6.07, 6.45) is 6.64. The Morgan fingerprint density at radius 2 is 0.838 bits per heavy atom. The second kappa shape index (κ2) is 90.7. The zero-order chi connectivity index (χ0) is 17.9. The van der Waals surface area contributed by atoms with Crippen molar-refractivity contribution in [1.29, 1.82) is 0 Å². The summed E-state index contributed by atoms with van der Waals surface area (Å²) in [5.41, 5.74) is 0. The van der Waals surface area contributed by atoms with E-state index < -0.39 is 0 Å². The number of aliphatic hydroxyl groups excluding tert-OH is 1. The SMILES string of the molecule is C.C.C.C.C.C.C.C.C.C.C.C.C.CCCCO.[CH2-]C(CCCOCC(C)C)CCCOCC(C)C.[Y]. The van der Waals surface area contributed by atoms with Crippen LogP contribution in [-0.4, -0.2) is 38.1 Å². The molecule has 1 radical (unpaired) electrons. The first-order valence-corrected chi connectivity index (χ1v) is 9.53. The van der Waals surface area contributed by atoms with Gasteiger partial charge in [-0.2, -0.15) is 5.92 Å². The van der Waals surface area contributed by atoms with Crippen LogP contribution >= 0.6 is 0 Å². The van der Waals surface area contributed by atoms with Gasteiger partial charge in [-0.15, -0.1) is 0 Å². The monoisotopic (exact) mass is 629 g/mol. The van der Waals surface area contributed by atoms with Crippen LogP contribution in [0.3, 0.4) is 0 Å². The van der Waals surface area contributed by atoms with Crippen LogP contribution in [0.2, 0.25) is 0 Å². The average Bonchev–Trinajstić information content (AvgIpc) is 2.47. The van der Waals surface area contributed by atoms with Crippen molar-refractivity contribution < 1.29 is 47.3 Å². The van der Waals surface area contributed by atoms with E-state index in [1.807, 2.05) is 0 Å². The van der Waals surface area contributed by atoms with Gasteiger partial charge in [0.05, 0.1) is 0 Å². The normalized spacial score (nSPS) is 6.97. The molecule has 0 aliphatic heterocycles. The van der Waals surface area contributed by atoms with Gasteiger partial charge in [-0.1, -0.05) is 150 Å². The maximum atomic E-state index is 8.07. The summed E-state index contributed by atoms with van der Waals surface area (Å²) < 4.78 is 11.1. The van der Waals surface area contributed by atoms with E-state index in [9.17, 15) is 0 Å². The Hall–Kier alpha value is 0.984. The molecule has 249 valence electrons. The zero-order valence-electron chi connectivity index (χ0n) is 17.1. The van der Waals surface area contributed by atoms with Crippen molar-refractivity contribution in [2.45, 2.75) is 170 Å². The van der Waals surface area contributed by atoms with Gasteiger partial charge in [-0.25, -0.2) is 0 Å². The molecule has 37 heavy (non-hydrogen) atoms. The van der Waals surface area contributed by atoms with E-state index in [1.54, 1.807) is 0 Å². The Kier molecular flexibility index (Phi) is 263. The first-order chi connectivity index (χ1) is 10.9. The summed E-state index contributed by atoms with van der Waals surface area (Å²) in [5.74, 6) is 1.83. The van der Waals surface area contributed by atoms with Gasteiger partial charge in [-0.3, -0.25) is 0 Å². The minimum absolute atomic E-state index is 0. The van der Waals surface area contributed by atoms with Crippen molar-refractivity contribution in [3.63, 3.8) is 0 Å². The number of unbranched alkanes of at least 4 members (excludes halogenated alkanes) is 1. The molecule has 0 aromatic heterocycles. The Bertz CT molecular complexity index is 194. The third-order valence-electron chi connectivity index (χ3n) is 3.22. The maximum Gasteiger partial charge on any atom is 0.0488 e. The maximum absolute atomic E-state index is 8.07. The fraction of sp³-hybridized carbons (Fsp3) is 0.970. The molecule has 0 heterocycles. The van der Waals surface area contributed by atoms with Crippen LogP contribution in [0.4, 0.5) is 0 Å². The Morgan fingerprint density at radius 1 is 0.568 bits per heavy atom. The van der Waals surface area contributed by atoms with Crippen LogP contribution in [-0.2, 0) is 42.2 Å². The molecule has 0 aromatic carbocycles. The largest absolute Gasteiger partial charge is 0.396 e. The molecule has 0 bridgehead atoms. The van der Waals surface area contributed by atoms with Gasteiger partial charge in [0.25, 0.3) is 0 Å².